The van der Waals surface area contributed by atoms with E-state index in [0.29, 0.717) is 16.8 Å². The third kappa shape index (κ3) is 4.35. The van der Waals surface area contributed by atoms with E-state index in [4.69, 9.17) is 0 Å². The normalized spacial score (nSPS) is 11.4. The maximum absolute atomic E-state index is 13.7. The van der Waals surface area contributed by atoms with Gasteiger partial charge in [0.1, 0.15) is 0 Å². The number of halogens is 3. The Morgan fingerprint density at radius 3 is 2.30 bits per heavy atom. The molecule has 0 unspecified atom stereocenters. The highest BCUT2D eigenvalue weighted by molar-refractivity contribution is 6.18. The number of ketones is 1. The molecule has 0 atom stereocenters. The summed E-state index contributed by atoms with van der Waals surface area (Å²) in [6.45, 7) is 1.69. The van der Waals surface area contributed by atoms with Gasteiger partial charge in [0.25, 0.3) is 0 Å². The van der Waals surface area contributed by atoms with E-state index in [9.17, 15) is 22.8 Å². The predicted octanol–water partition coefficient (Wildman–Crippen LogP) is 6.50. The van der Waals surface area contributed by atoms with Crippen molar-refractivity contribution in [3.63, 3.8) is 0 Å². The quantitative estimate of drug-likeness (QED) is 0.355. The van der Waals surface area contributed by atoms with Crippen molar-refractivity contribution in [3.8, 4) is 11.1 Å². The van der Waals surface area contributed by atoms with Gasteiger partial charge in [-0.3, -0.25) is 14.6 Å². The van der Waals surface area contributed by atoms with E-state index in [2.05, 4.69) is 10.3 Å². The zero-order chi connectivity index (χ0) is 23.6. The third-order valence-electron chi connectivity index (χ3n) is 5.28. The van der Waals surface area contributed by atoms with Gasteiger partial charge in [-0.25, -0.2) is 0 Å². The fraction of sp³-hybridized carbons (Fsp3) is 0.115. The highest BCUT2D eigenvalue weighted by Crippen LogP contribution is 2.41. The average Bonchev–Trinajstić information content (AvgIpc) is 2.82. The highest BCUT2D eigenvalue weighted by Gasteiger charge is 2.34. The first-order valence-electron chi connectivity index (χ1n) is 10.3. The number of anilines is 1. The number of carbonyl (C=O) groups is 2. The molecule has 0 saturated carbocycles. The summed E-state index contributed by atoms with van der Waals surface area (Å²) < 4.78 is 41.1. The maximum atomic E-state index is 13.7. The molecule has 7 heteroatoms. The molecule has 33 heavy (non-hydrogen) atoms. The van der Waals surface area contributed by atoms with E-state index in [1.165, 1.54) is 18.3 Å². The fourth-order valence-corrected chi connectivity index (χ4v) is 3.71. The topological polar surface area (TPSA) is 59.1 Å². The predicted molar refractivity (Wildman–Crippen MR) is 121 cm³/mol. The molecule has 0 aliphatic rings. The molecule has 4 nitrogen and oxygen atoms in total. The van der Waals surface area contributed by atoms with E-state index in [1.54, 1.807) is 61.5 Å². The molecule has 0 aliphatic carbocycles. The van der Waals surface area contributed by atoms with Crippen molar-refractivity contribution >= 4 is 28.3 Å². The number of alkyl halides is 3. The second-order valence-corrected chi connectivity index (χ2v) is 7.39. The van der Waals surface area contributed by atoms with Gasteiger partial charge in [-0.05, 0) is 12.1 Å². The molecule has 1 N–H and O–H groups in total. The number of fused-ring (bicyclic) bond motifs is 1. The van der Waals surface area contributed by atoms with Crippen molar-refractivity contribution < 1.29 is 22.8 Å². The Labute approximate surface area is 188 Å². The van der Waals surface area contributed by atoms with Gasteiger partial charge in [-0.2, -0.15) is 13.2 Å². The van der Waals surface area contributed by atoms with Gasteiger partial charge in [-0.15, -0.1) is 0 Å². The summed E-state index contributed by atoms with van der Waals surface area (Å²) in [5.74, 6) is -0.637. The molecule has 0 saturated heterocycles. The van der Waals surface area contributed by atoms with Crippen LogP contribution in [0.2, 0.25) is 0 Å². The summed E-state index contributed by atoms with van der Waals surface area (Å²) in [4.78, 5) is 29.6. The Hall–Kier alpha value is -4.00. The Balaban J connectivity index is 2.06. The summed E-state index contributed by atoms with van der Waals surface area (Å²) in [6, 6.07) is 18.9. The Morgan fingerprint density at radius 1 is 0.909 bits per heavy atom. The zero-order valence-electron chi connectivity index (χ0n) is 17.6. The second-order valence-electron chi connectivity index (χ2n) is 7.39. The molecule has 4 aromatic rings. The number of nitrogens with zero attached hydrogens (tertiary/aromatic N) is 1. The molecule has 1 aromatic heterocycles. The van der Waals surface area contributed by atoms with E-state index in [0.717, 1.165) is 6.07 Å². The van der Waals surface area contributed by atoms with Crippen molar-refractivity contribution in [2.24, 2.45) is 0 Å². The van der Waals surface area contributed by atoms with Crippen LogP contribution in [0.4, 0.5) is 18.9 Å². The van der Waals surface area contributed by atoms with Crippen LogP contribution in [0.1, 0.15) is 34.8 Å². The standard InChI is InChI=1S/C26H19F3N2O2/c1-2-22(32)31-21-14-7-6-11-17(21)23-18-12-8-13-20(26(27,28)29)24(18)30-15-19(23)25(33)16-9-4-3-5-10-16/h3-15H,2H2,1H3,(H,31,32). The summed E-state index contributed by atoms with van der Waals surface area (Å²) in [5, 5.41) is 2.95. The van der Waals surface area contributed by atoms with Crippen LogP contribution in [0.3, 0.4) is 0 Å². The lowest BCUT2D eigenvalue weighted by Crippen LogP contribution is -2.12. The van der Waals surface area contributed by atoms with Crippen LogP contribution in [0.25, 0.3) is 22.0 Å². The summed E-state index contributed by atoms with van der Waals surface area (Å²) in [7, 11) is 0. The van der Waals surface area contributed by atoms with Crippen LogP contribution in [0.5, 0.6) is 0 Å². The van der Waals surface area contributed by atoms with E-state index < -0.39 is 11.7 Å². The van der Waals surface area contributed by atoms with Gasteiger partial charge < -0.3 is 5.32 Å². The summed E-state index contributed by atoms with van der Waals surface area (Å²) >= 11 is 0. The van der Waals surface area contributed by atoms with Crippen LogP contribution >= 0.6 is 0 Å². The molecule has 0 radical (unpaired) electrons. The molecule has 3 aromatic carbocycles. The largest absolute Gasteiger partial charge is 0.418 e. The Bertz CT molecular complexity index is 1350. The first-order valence-corrected chi connectivity index (χ1v) is 10.3. The van der Waals surface area contributed by atoms with Crippen molar-refractivity contribution in [1.82, 2.24) is 4.98 Å². The maximum Gasteiger partial charge on any atom is 0.418 e. The fourth-order valence-electron chi connectivity index (χ4n) is 3.71. The van der Waals surface area contributed by atoms with Gasteiger partial charge in [0.2, 0.25) is 5.91 Å². The second kappa shape index (κ2) is 8.86. The molecule has 0 aliphatic heterocycles. The van der Waals surface area contributed by atoms with E-state index >= 15 is 0 Å². The minimum atomic E-state index is -4.62. The lowest BCUT2D eigenvalue weighted by molar-refractivity contribution is -0.136. The van der Waals surface area contributed by atoms with Crippen LogP contribution in [-0.4, -0.2) is 16.7 Å². The zero-order valence-corrected chi connectivity index (χ0v) is 17.6. The van der Waals surface area contributed by atoms with Crippen molar-refractivity contribution in [2.45, 2.75) is 19.5 Å². The molecular weight excluding hydrogens is 429 g/mol. The van der Waals surface area contributed by atoms with Crippen LogP contribution in [0.15, 0.2) is 79.0 Å². The first-order chi connectivity index (χ1) is 15.8. The van der Waals surface area contributed by atoms with Crippen LogP contribution in [-0.2, 0) is 11.0 Å². The smallest absolute Gasteiger partial charge is 0.326 e. The Morgan fingerprint density at radius 2 is 1.61 bits per heavy atom. The number of para-hydroxylation sites is 2. The minimum Gasteiger partial charge on any atom is -0.326 e. The number of nitrogens with one attached hydrogen (secondary N) is 1. The molecular formula is C26H19F3N2O2. The number of amides is 1. The number of carbonyl (C=O) groups excluding carboxylic acids is 2. The monoisotopic (exact) mass is 448 g/mol. The molecule has 0 spiro atoms. The lowest BCUT2D eigenvalue weighted by atomic mass is 9.90. The van der Waals surface area contributed by atoms with Gasteiger partial charge in [0.05, 0.1) is 11.1 Å². The average molecular weight is 448 g/mol. The molecule has 1 amide bonds. The van der Waals surface area contributed by atoms with Crippen molar-refractivity contribution in [3.05, 3.63) is 95.7 Å². The number of hydrogen-bond acceptors (Lipinski definition) is 3. The lowest BCUT2D eigenvalue weighted by Gasteiger charge is -2.18. The number of hydrogen-bond donors (Lipinski definition) is 1. The molecule has 0 fully saturated rings. The van der Waals surface area contributed by atoms with E-state index in [1.807, 2.05) is 0 Å². The SMILES string of the molecule is CCC(=O)Nc1ccccc1-c1c(C(=O)c2ccccc2)cnc2c(C(F)(F)F)cccc12. The number of rotatable bonds is 5. The first kappa shape index (κ1) is 22.2. The van der Waals surface area contributed by atoms with Gasteiger partial charge in [0, 0.05) is 45.9 Å². The summed E-state index contributed by atoms with van der Waals surface area (Å²) in [6.07, 6.45) is -3.22. The Kier molecular flexibility index (Phi) is 5.96. The van der Waals surface area contributed by atoms with E-state index in [-0.39, 0.29) is 40.1 Å². The minimum absolute atomic E-state index is 0.145. The van der Waals surface area contributed by atoms with Crippen molar-refractivity contribution in [2.75, 3.05) is 5.32 Å². The van der Waals surface area contributed by atoms with Gasteiger partial charge in [0.15, 0.2) is 5.78 Å². The van der Waals surface area contributed by atoms with Crippen molar-refractivity contribution in [1.29, 1.82) is 0 Å². The molecule has 166 valence electrons. The molecule has 0 bridgehead atoms. The van der Waals surface area contributed by atoms with Gasteiger partial charge in [-0.1, -0.05) is 67.6 Å². The van der Waals surface area contributed by atoms with Crippen LogP contribution < -0.4 is 5.32 Å². The number of benzene rings is 3. The molecule has 1 heterocycles. The van der Waals surface area contributed by atoms with Gasteiger partial charge >= 0.3 is 6.18 Å². The number of aromatic nitrogens is 1. The van der Waals surface area contributed by atoms with Crippen LogP contribution in [0, 0.1) is 0 Å². The summed E-state index contributed by atoms with van der Waals surface area (Å²) in [5.41, 5.74) is 0.484. The molecule has 4 rings (SSSR count). The third-order valence-corrected chi connectivity index (χ3v) is 5.28. The number of pyridine rings is 1. The highest BCUT2D eigenvalue weighted by atomic mass is 19.4.